The second-order valence-corrected chi connectivity index (χ2v) is 12.2. The monoisotopic (exact) mass is 552 g/mol. The van der Waals surface area contributed by atoms with E-state index in [-0.39, 0.29) is 13.0 Å². The summed E-state index contributed by atoms with van der Waals surface area (Å²) < 4.78 is 41.8. The normalized spacial score (nSPS) is 15.2. The Morgan fingerprint density at radius 1 is 1.31 bits per heavy atom. The maximum Gasteiger partial charge on any atom is 0.323 e. The molecule has 8 nitrogen and oxygen atoms in total. The van der Waals surface area contributed by atoms with Gasteiger partial charge in [0.2, 0.25) is 5.52 Å². The number of carboxylic acids is 1. The van der Waals surface area contributed by atoms with Crippen LogP contribution in [0.2, 0.25) is 0 Å². The highest BCUT2D eigenvalue weighted by Gasteiger charge is 2.28. The van der Waals surface area contributed by atoms with Crippen molar-refractivity contribution in [2.75, 3.05) is 24.3 Å². The highest BCUT2D eigenvalue weighted by Crippen LogP contribution is 2.48. The predicted octanol–water partition coefficient (Wildman–Crippen LogP) is 4.53. The molecule has 3 heterocycles. The molecule has 0 aliphatic carbocycles. The van der Waals surface area contributed by atoms with Crippen LogP contribution in [0.15, 0.2) is 50.5 Å². The maximum atomic E-state index is 11.5. The first-order valence-corrected chi connectivity index (χ1v) is 14.9. The van der Waals surface area contributed by atoms with Gasteiger partial charge in [0.15, 0.2) is 6.54 Å². The third kappa shape index (κ3) is 6.07. The minimum Gasteiger partial charge on any atom is -0.748 e. The van der Waals surface area contributed by atoms with Gasteiger partial charge in [0.1, 0.15) is 17.0 Å². The van der Waals surface area contributed by atoms with E-state index in [1.165, 1.54) is 0 Å². The molecule has 3 aromatic rings. The van der Waals surface area contributed by atoms with Gasteiger partial charge in [-0.2, -0.15) is 4.57 Å². The van der Waals surface area contributed by atoms with Gasteiger partial charge in [0, 0.05) is 33.9 Å². The quantitative estimate of drug-likeness (QED) is 0.289. The van der Waals surface area contributed by atoms with E-state index in [0.717, 1.165) is 36.4 Å². The predicted molar refractivity (Wildman–Crippen MR) is 139 cm³/mol. The van der Waals surface area contributed by atoms with Gasteiger partial charge in [0.05, 0.1) is 34.0 Å². The van der Waals surface area contributed by atoms with Crippen molar-refractivity contribution >= 4 is 72.5 Å². The number of benzene rings is 1. The molecule has 0 spiro atoms. The SMILES string of the molecule is CCC(=Cc1sc2ccc(OC)cc2[n+]1CCCS(=O)(=O)[O-])C=C1Sc2cscc2N1CC(=O)O. The largest absolute Gasteiger partial charge is 0.748 e. The lowest BCUT2D eigenvalue weighted by atomic mass is 10.2. The molecule has 1 aliphatic rings. The zero-order chi connectivity index (χ0) is 25.2. The number of fused-ring (bicyclic) bond motifs is 2. The maximum absolute atomic E-state index is 11.5. The minimum atomic E-state index is -4.30. The number of thiophene rings is 1. The van der Waals surface area contributed by atoms with E-state index in [9.17, 15) is 22.9 Å². The van der Waals surface area contributed by atoms with Gasteiger partial charge >= 0.3 is 5.97 Å². The molecular formula is C23H24N2O6S4. The number of thiazole rings is 1. The van der Waals surface area contributed by atoms with Crippen LogP contribution >= 0.6 is 34.4 Å². The van der Waals surface area contributed by atoms with Gasteiger partial charge < -0.3 is 19.3 Å². The van der Waals surface area contributed by atoms with Crippen LogP contribution in [0.1, 0.15) is 24.8 Å². The zero-order valence-corrected chi connectivity index (χ0v) is 22.4. The Balaban J connectivity index is 1.73. The molecule has 35 heavy (non-hydrogen) atoms. The Hall–Kier alpha value is -2.38. The summed E-state index contributed by atoms with van der Waals surface area (Å²) >= 11 is 4.66. The summed E-state index contributed by atoms with van der Waals surface area (Å²) in [5.74, 6) is -0.647. The molecule has 1 N–H and O–H groups in total. The number of hydrogen-bond acceptors (Lipinski definition) is 9. The molecule has 0 amide bonds. The highest BCUT2D eigenvalue weighted by molar-refractivity contribution is 8.03. The van der Waals surface area contributed by atoms with Gasteiger partial charge in [-0.05, 0) is 30.2 Å². The standard InChI is InChI=1S/C23H24N2O6S4/c1-3-15(10-22-25(12-23(26)27)18-13-32-14-20(18)34-22)9-21-24(7-4-8-35(28,29)30)17-11-16(31-2)5-6-19(17)33-21/h5-6,9-11,13-14H,3-4,7-8,12H2,1-2H3,(H-,26,27,28,29,30). The van der Waals surface area contributed by atoms with E-state index < -0.39 is 21.8 Å². The first-order chi connectivity index (χ1) is 16.7. The number of aromatic nitrogens is 1. The molecule has 1 aromatic carbocycles. The van der Waals surface area contributed by atoms with E-state index in [1.807, 2.05) is 57.5 Å². The molecule has 0 saturated heterocycles. The lowest BCUT2D eigenvalue weighted by Crippen LogP contribution is -2.36. The average molecular weight is 553 g/mol. The van der Waals surface area contributed by atoms with Crippen LogP contribution in [0.25, 0.3) is 16.3 Å². The Kier molecular flexibility index (Phi) is 7.86. The van der Waals surface area contributed by atoms with Gasteiger partial charge in [0.25, 0.3) is 5.01 Å². The van der Waals surface area contributed by atoms with Crippen LogP contribution in [0, 0.1) is 0 Å². The molecule has 1 aliphatic heterocycles. The fraction of sp³-hybridized carbons (Fsp3) is 0.304. The van der Waals surface area contributed by atoms with Crippen LogP contribution in [-0.4, -0.2) is 43.5 Å². The number of thioether (sulfide) groups is 1. The number of anilines is 1. The molecule has 0 radical (unpaired) electrons. The summed E-state index contributed by atoms with van der Waals surface area (Å²) in [4.78, 5) is 14.3. The third-order valence-corrected chi connectivity index (χ3v) is 9.29. The number of rotatable bonds is 10. The molecular weight excluding hydrogens is 529 g/mol. The number of aryl methyl sites for hydroxylation is 1. The van der Waals surface area contributed by atoms with Crippen LogP contribution < -0.4 is 14.2 Å². The second-order valence-electron chi connectivity index (χ2n) is 7.80. The summed E-state index contributed by atoms with van der Waals surface area (Å²) in [7, 11) is -2.71. The van der Waals surface area contributed by atoms with Gasteiger partial charge in [-0.3, -0.25) is 4.79 Å². The van der Waals surface area contributed by atoms with Crippen molar-refractivity contribution in [3.63, 3.8) is 0 Å². The van der Waals surface area contributed by atoms with E-state index in [1.54, 1.807) is 41.5 Å². The van der Waals surface area contributed by atoms with E-state index in [0.29, 0.717) is 18.7 Å². The van der Waals surface area contributed by atoms with Crippen molar-refractivity contribution in [1.29, 1.82) is 0 Å². The Labute approximate surface area is 215 Å². The number of allylic oxidation sites excluding steroid dienone is 2. The first-order valence-electron chi connectivity index (χ1n) is 10.8. The molecule has 2 aromatic heterocycles. The number of carboxylic acid groups (broad SMARTS) is 1. The summed E-state index contributed by atoms with van der Waals surface area (Å²) in [5, 5.41) is 15.1. The van der Waals surface area contributed by atoms with Crippen molar-refractivity contribution < 1.29 is 32.2 Å². The number of ether oxygens (including phenoxy) is 1. The summed E-state index contributed by atoms with van der Waals surface area (Å²) in [6, 6.07) is 5.73. The molecule has 0 unspecified atom stereocenters. The van der Waals surface area contributed by atoms with Crippen LogP contribution in [-0.2, 0) is 21.5 Å². The Bertz CT molecular complexity index is 1420. The van der Waals surface area contributed by atoms with Gasteiger partial charge in [-0.15, -0.1) is 11.3 Å². The molecule has 0 atom stereocenters. The zero-order valence-electron chi connectivity index (χ0n) is 19.1. The van der Waals surface area contributed by atoms with Gasteiger partial charge in [-0.25, -0.2) is 8.42 Å². The summed E-state index contributed by atoms with van der Waals surface area (Å²) in [6.45, 7) is 2.28. The number of nitrogens with zero attached hydrogens (tertiary/aromatic N) is 2. The highest BCUT2D eigenvalue weighted by atomic mass is 32.2. The fourth-order valence-electron chi connectivity index (χ4n) is 3.75. The number of hydrogen-bond donors (Lipinski definition) is 1. The summed E-state index contributed by atoms with van der Waals surface area (Å²) in [6.07, 6.45) is 4.96. The second kappa shape index (κ2) is 10.7. The molecule has 4 rings (SSSR count). The van der Waals surface area contributed by atoms with Crippen molar-refractivity contribution in [3.8, 4) is 5.75 Å². The molecule has 0 saturated carbocycles. The van der Waals surface area contributed by atoms with Crippen molar-refractivity contribution in [2.24, 2.45) is 0 Å². The number of aliphatic carboxylic acids is 1. The molecule has 0 fully saturated rings. The number of methoxy groups -OCH3 is 1. The average Bonchev–Trinajstić information content (AvgIpc) is 3.47. The minimum absolute atomic E-state index is 0.119. The molecule has 186 valence electrons. The topological polar surface area (TPSA) is 111 Å². The lowest BCUT2D eigenvalue weighted by molar-refractivity contribution is -0.668. The first kappa shape index (κ1) is 25.7. The van der Waals surface area contributed by atoms with Crippen LogP contribution in [0.4, 0.5) is 5.69 Å². The van der Waals surface area contributed by atoms with Crippen molar-refractivity contribution in [3.05, 3.63) is 50.6 Å². The molecule has 12 heteroatoms. The fourth-order valence-corrected chi connectivity index (χ4v) is 7.49. The third-order valence-electron chi connectivity index (χ3n) is 5.41. The Morgan fingerprint density at radius 2 is 2.11 bits per heavy atom. The summed E-state index contributed by atoms with van der Waals surface area (Å²) in [5.41, 5.74) is 2.81. The van der Waals surface area contributed by atoms with Crippen molar-refractivity contribution in [1.82, 2.24) is 0 Å². The van der Waals surface area contributed by atoms with E-state index in [4.69, 9.17) is 4.74 Å². The van der Waals surface area contributed by atoms with E-state index in [2.05, 4.69) is 0 Å². The van der Waals surface area contributed by atoms with Crippen LogP contribution in [0.5, 0.6) is 5.75 Å². The number of carbonyl (C=O) groups is 1. The van der Waals surface area contributed by atoms with Gasteiger partial charge in [-0.1, -0.05) is 30.0 Å². The smallest absolute Gasteiger partial charge is 0.323 e. The van der Waals surface area contributed by atoms with E-state index >= 15 is 0 Å². The lowest BCUT2D eigenvalue weighted by Gasteiger charge is -2.17. The van der Waals surface area contributed by atoms with Crippen LogP contribution in [0.3, 0.4) is 0 Å². The molecule has 0 bridgehead atoms. The van der Waals surface area contributed by atoms with Crippen molar-refractivity contribution in [2.45, 2.75) is 31.2 Å². The Morgan fingerprint density at radius 3 is 2.80 bits per heavy atom.